The molecular weight excluding hydrogens is 603 g/mol. The minimum absolute atomic E-state index is 0.132. The highest BCUT2D eigenvalue weighted by molar-refractivity contribution is 5.96. The summed E-state index contributed by atoms with van der Waals surface area (Å²) in [6.45, 7) is 3.59. The predicted molar refractivity (Wildman–Crippen MR) is 178 cm³/mol. The van der Waals surface area contributed by atoms with Crippen molar-refractivity contribution in [3.05, 3.63) is 131 Å². The topological polar surface area (TPSA) is 54.8 Å². The summed E-state index contributed by atoms with van der Waals surface area (Å²) in [6, 6.07) is 26.2. The number of nitrogens with zero attached hydrogens (tertiary/aromatic N) is 3. The average Bonchev–Trinajstić information content (AvgIpc) is 3.50. The molecule has 0 bridgehead atoms. The van der Waals surface area contributed by atoms with Gasteiger partial charge < -0.3 is 19.1 Å². The lowest BCUT2D eigenvalue weighted by molar-refractivity contribution is -0.137. The van der Waals surface area contributed by atoms with Gasteiger partial charge in [-0.25, -0.2) is 0 Å². The van der Waals surface area contributed by atoms with Crippen molar-refractivity contribution in [2.45, 2.75) is 64.8 Å². The molecule has 250 valence electrons. The second kappa shape index (κ2) is 17.5. The molecule has 0 atom stereocenters. The number of amides is 2. The SMILES string of the molecule is CCCCCc1ccc(C(=O)N(CC(=O)N(CCCOC)Cc2cccn2Cc2cccc(C(F)(F)F)c2)Cc2ccccc2)cc1. The van der Waals surface area contributed by atoms with E-state index in [1.807, 2.05) is 71.3 Å². The Hall–Kier alpha value is -4.37. The Bertz CT molecular complexity index is 1550. The smallest absolute Gasteiger partial charge is 0.385 e. The molecule has 47 heavy (non-hydrogen) atoms. The number of aryl methyl sites for hydroxylation is 1. The van der Waals surface area contributed by atoms with Crippen molar-refractivity contribution < 1.29 is 27.5 Å². The van der Waals surface area contributed by atoms with Gasteiger partial charge in [0.15, 0.2) is 0 Å². The summed E-state index contributed by atoms with van der Waals surface area (Å²) in [5.41, 5.74) is 3.19. The summed E-state index contributed by atoms with van der Waals surface area (Å²) < 4.78 is 47.1. The predicted octanol–water partition coefficient (Wildman–Crippen LogP) is 8.00. The van der Waals surface area contributed by atoms with Crippen molar-refractivity contribution in [1.82, 2.24) is 14.4 Å². The van der Waals surface area contributed by atoms with Gasteiger partial charge in [-0.15, -0.1) is 0 Å². The van der Waals surface area contributed by atoms with Crippen molar-refractivity contribution in [3.63, 3.8) is 0 Å². The Morgan fingerprint density at radius 1 is 0.787 bits per heavy atom. The van der Waals surface area contributed by atoms with E-state index in [9.17, 15) is 22.8 Å². The molecule has 0 N–H and O–H groups in total. The number of hydrogen-bond donors (Lipinski definition) is 0. The Kier molecular flexibility index (Phi) is 13.2. The monoisotopic (exact) mass is 647 g/mol. The van der Waals surface area contributed by atoms with Gasteiger partial charge in [0.05, 0.1) is 12.1 Å². The first-order chi connectivity index (χ1) is 22.7. The Balaban J connectivity index is 1.53. The zero-order valence-corrected chi connectivity index (χ0v) is 27.2. The molecule has 0 saturated heterocycles. The maximum atomic E-state index is 14.0. The van der Waals surface area contributed by atoms with E-state index in [1.54, 1.807) is 29.2 Å². The van der Waals surface area contributed by atoms with E-state index in [0.29, 0.717) is 30.7 Å². The lowest BCUT2D eigenvalue weighted by Gasteiger charge is -2.28. The number of halogens is 3. The molecule has 0 saturated carbocycles. The third-order valence-electron chi connectivity index (χ3n) is 8.11. The quantitative estimate of drug-likeness (QED) is 0.109. The minimum atomic E-state index is -4.43. The fourth-order valence-electron chi connectivity index (χ4n) is 5.52. The molecule has 0 aliphatic rings. The summed E-state index contributed by atoms with van der Waals surface area (Å²) in [6.07, 6.45) is 2.31. The number of carbonyl (C=O) groups excluding carboxylic acids is 2. The first kappa shape index (κ1) is 35.5. The maximum Gasteiger partial charge on any atom is 0.416 e. The van der Waals surface area contributed by atoms with Gasteiger partial charge >= 0.3 is 6.18 Å². The van der Waals surface area contributed by atoms with Crippen LogP contribution in [0.4, 0.5) is 13.2 Å². The van der Waals surface area contributed by atoms with Crippen molar-refractivity contribution in [3.8, 4) is 0 Å². The Labute approximate surface area is 275 Å². The maximum absolute atomic E-state index is 14.0. The van der Waals surface area contributed by atoms with Crippen LogP contribution >= 0.6 is 0 Å². The van der Waals surface area contributed by atoms with Gasteiger partial charge in [0, 0.05) is 50.8 Å². The highest BCUT2D eigenvalue weighted by Gasteiger charge is 2.30. The van der Waals surface area contributed by atoms with Crippen LogP contribution in [0.2, 0.25) is 0 Å². The molecular formula is C38H44F3N3O3. The average molecular weight is 648 g/mol. The summed E-state index contributed by atoms with van der Waals surface area (Å²) >= 11 is 0. The molecule has 6 nitrogen and oxygen atoms in total. The van der Waals surface area contributed by atoms with Gasteiger partial charge in [0.2, 0.25) is 5.91 Å². The van der Waals surface area contributed by atoms with E-state index < -0.39 is 11.7 Å². The Morgan fingerprint density at radius 2 is 1.53 bits per heavy atom. The fourth-order valence-corrected chi connectivity index (χ4v) is 5.52. The van der Waals surface area contributed by atoms with Crippen LogP contribution in [0.5, 0.6) is 0 Å². The van der Waals surface area contributed by atoms with E-state index in [-0.39, 0.29) is 38.0 Å². The van der Waals surface area contributed by atoms with E-state index in [4.69, 9.17) is 4.74 Å². The molecule has 3 aromatic carbocycles. The van der Waals surface area contributed by atoms with Crippen molar-refractivity contribution in [2.75, 3.05) is 26.8 Å². The number of carbonyl (C=O) groups is 2. The second-order valence-electron chi connectivity index (χ2n) is 11.8. The normalized spacial score (nSPS) is 11.4. The number of ether oxygens (including phenoxy) is 1. The molecule has 9 heteroatoms. The van der Waals surface area contributed by atoms with Crippen LogP contribution in [0, 0.1) is 0 Å². The zero-order chi connectivity index (χ0) is 33.6. The molecule has 1 aromatic heterocycles. The lowest BCUT2D eigenvalue weighted by atomic mass is 10.0. The number of alkyl halides is 3. The van der Waals surface area contributed by atoms with Crippen LogP contribution in [-0.4, -0.2) is 53.0 Å². The highest BCUT2D eigenvalue weighted by Crippen LogP contribution is 2.30. The fraction of sp³-hybridized carbons (Fsp3) is 0.368. The Morgan fingerprint density at radius 3 is 2.23 bits per heavy atom. The summed E-state index contributed by atoms with van der Waals surface area (Å²) in [4.78, 5) is 31.1. The van der Waals surface area contributed by atoms with Crippen LogP contribution < -0.4 is 0 Å². The summed E-state index contributed by atoms with van der Waals surface area (Å²) in [5, 5.41) is 0. The number of aromatic nitrogens is 1. The number of benzene rings is 3. The zero-order valence-electron chi connectivity index (χ0n) is 27.2. The molecule has 0 radical (unpaired) electrons. The third-order valence-corrected chi connectivity index (χ3v) is 8.11. The molecule has 1 heterocycles. The molecule has 0 spiro atoms. The first-order valence-corrected chi connectivity index (χ1v) is 16.2. The van der Waals surface area contributed by atoms with Crippen LogP contribution in [0.15, 0.2) is 97.2 Å². The summed E-state index contributed by atoms with van der Waals surface area (Å²) in [5.74, 6) is -0.458. The van der Waals surface area contributed by atoms with Crippen molar-refractivity contribution >= 4 is 11.8 Å². The standard InChI is InChI=1S/C38H44F3N3O3/c1-3-4-6-12-30-18-20-33(21-19-30)37(46)44(26-31-13-7-5-8-14-31)29-36(45)43(23-11-24-47-2)28-35-17-10-22-42(35)27-32-15-9-16-34(25-32)38(39,40)41/h5,7-10,13-22,25H,3-4,6,11-12,23-24,26-29H2,1-2H3. The third kappa shape index (κ3) is 10.8. The summed E-state index contributed by atoms with van der Waals surface area (Å²) in [7, 11) is 1.60. The lowest BCUT2D eigenvalue weighted by Crippen LogP contribution is -2.43. The molecule has 0 fully saturated rings. The van der Waals surface area contributed by atoms with Gasteiger partial charge in [-0.3, -0.25) is 9.59 Å². The number of hydrogen-bond acceptors (Lipinski definition) is 3. The van der Waals surface area contributed by atoms with Crippen LogP contribution in [0.1, 0.15) is 70.9 Å². The molecule has 0 aliphatic heterocycles. The highest BCUT2D eigenvalue weighted by atomic mass is 19.4. The van der Waals surface area contributed by atoms with Crippen molar-refractivity contribution in [1.29, 1.82) is 0 Å². The largest absolute Gasteiger partial charge is 0.416 e. The van der Waals surface area contributed by atoms with Crippen LogP contribution in [0.25, 0.3) is 0 Å². The van der Waals surface area contributed by atoms with E-state index >= 15 is 0 Å². The number of rotatable bonds is 17. The molecule has 4 aromatic rings. The van der Waals surface area contributed by atoms with E-state index in [0.717, 1.165) is 49.1 Å². The van der Waals surface area contributed by atoms with E-state index in [1.165, 1.54) is 11.6 Å². The van der Waals surface area contributed by atoms with Gasteiger partial charge in [-0.05, 0) is 72.4 Å². The first-order valence-electron chi connectivity index (χ1n) is 16.2. The van der Waals surface area contributed by atoms with Crippen LogP contribution in [0.3, 0.4) is 0 Å². The van der Waals surface area contributed by atoms with Gasteiger partial charge in [0.1, 0.15) is 6.54 Å². The molecule has 2 amide bonds. The van der Waals surface area contributed by atoms with Crippen molar-refractivity contribution in [2.24, 2.45) is 0 Å². The van der Waals surface area contributed by atoms with Crippen LogP contribution in [-0.2, 0) is 41.8 Å². The number of unbranched alkanes of at least 4 members (excludes halogenated alkanes) is 2. The minimum Gasteiger partial charge on any atom is -0.385 e. The second-order valence-corrected chi connectivity index (χ2v) is 11.8. The van der Waals surface area contributed by atoms with Gasteiger partial charge in [0.25, 0.3) is 5.91 Å². The molecule has 0 aliphatic carbocycles. The van der Waals surface area contributed by atoms with Gasteiger partial charge in [-0.1, -0.05) is 74.4 Å². The molecule has 4 rings (SSSR count). The van der Waals surface area contributed by atoms with E-state index in [2.05, 4.69) is 6.92 Å². The number of methoxy groups -OCH3 is 1. The van der Waals surface area contributed by atoms with Gasteiger partial charge in [-0.2, -0.15) is 13.2 Å². The molecule has 0 unspecified atom stereocenters.